The summed E-state index contributed by atoms with van der Waals surface area (Å²) in [5.74, 6) is 3.53. The number of benzene rings is 4. The molecule has 0 N–H and O–H groups in total. The van der Waals surface area contributed by atoms with Crippen LogP contribution in [0.3, 0.4) is 0 Å². The Labute approximate surface area is 293 Å². The molecule has 0 aliphatic rings. The molecular formula is C40H38O11. The van der Waals surface area contributed by atoms with Crippen molar-refractivity contribution < 1.29 is 42.0 Å². The fourth-order valence-corrected chi connectivity index (χ4v) is 5.22. The van der Waals surface area contributed by atoms with E-state index in [0.29, 0.717) is 109 Å². The Bertz CT molecular complexity index is 2000. The molecule has 0 saturated heterocycles. The Hall–Kier alpha value is -5.62. The first kappa shape index (κ1) is 35.2. The van der Waals surface area contributed by atoms with Gasteiger partial charge < -0.3 is 42.0 Å². The van der Waals surface area contributed by atoms with Crippen LogP contribution in [0.5, 0.6) is 23.0 Å². The quantitative estimate of drug-likeness (QED) is 0.0887. The zero-order valence-corrected chi connectivity index (χ0v) is 28.4. The van der Waals surface area contributed by atoms with Gasteiger partial charge in [-0.05, 0) is 84.9 Å². The van der Waals surface area contributed by atoms with Gasteiger partial charge in [-0.2, -0.15) is 0 Å². The van der Waals surface area contributed by atoms with Crippen molar-refractivity contribution >= 4 is 21.9 Å². The molecule has 0 aliphatic heterocycles. The summed E-state index contributed by atoms with van der Waals surface area (Å²) < 4.78 is 50.5. The van der Waals surface area contributed by atoms with Gasteiger partial charge in [0.2, 0.25) is 0 Å². The standard InChI is InChI=1S/C40H38O11/c1-43-31-11-13-37-33(23-31)35(41)25-39(50-37)27-3-7-29(8-4-27)48-21-19-46-17-15-45-16-18-47-20-22-49-30-9-5-28(6-10-30)40-26-36(42)34-24-32(44-2)12-14-38(34)51-40/h3-14,23-26H,15-22H2,1-2H3. The Morgan fingerprint density at radius 2 is 0.784 bits per heavy atom. The topological polar surface area (TPSA) is 125 Å². The monoisotopic (exact) mass is 694 g/mol. The molecule has 0 bridgehead atoms. The van der Waals surface area contributed by atoms with Gasteiger partial charge in [-0.3, -0.25) is 9.59 Å². The average molecular weight is 695 g/mol. The van der Waals surface area contributed by atoms with Crippen LogP contribution in [0.2, 0.25) is 0 Å². The first-order valence-corrected chi connectivity index (χ1v) is 16.4. The molecule has 4 aromatic carbocycles. The van der Waals surface area contributed by atoms with Crippen molar-refractivity contribution in [3.05, 3.63) is 118 Å². The summed E-state index contributed by atoms with van der Waals surface area (Å²) in [6.45, 7) is 3.34. The van der Waals surface area contributed by atoms with Crippen LogP contribution in [0.4, 0.5) is 0 Å². The predicted molar refractivity (Wildman–Crippen MR) is 192 cm³/mol. The lowest BCUT2D eigenvalue weighted by Crippen LogP contribution is -2.14. The second kappa shape index (κ2) is 17.3. The van der Waals surface area contributed by atoms with E-state index in [9.17, 15) is 9.59 Å². The molecule has 0 spiro atoms. The summed E-state index contributed by atoms with van der Waals surface area (Å²) in [6, 6.07) is 27.9. The highest BCUT2D eigenvalue weighted by molar-refractivity contribution is 5.81. The van der Waals surface area contributed by atoms with Gasteiger partial charge in [0.25, 0.3) is 0 Å². The van der Waals surface area contributed by atoms with Crippen LogP contribution >= 0.6 is 0 Å². The lowest BCUT2D eigenvalue weighted by molar-refractivity contribution is 0.00499. The second-order valence-corrected chi connectivity index (χ2v) is 11.3. The first-order chi connectivity index (χ1) is 25.0. The third-order valence-corrected chi connectivity index (χ3v) is 7.88. The van der Waals surface area contributed by atoms with Gasteiger partial charge in [0, 0.05) is 23.3 Å². The average Bonchev–Trinajstić information content (AvgIpc) is 3.16. The van der Waals surface area contributed by atoms with Gasteiger partial charge in [0.1, 0.15) is 58.9 Å². The molecule has 264 valence electrons. The van der Waals surface area contributed by atoms with Gasteiger partial charge in [0.15, 0.2) is 10.9 Å². The molecule has 2 heterocycles. The molecule has 2 aromatic heterocycles. The maximum absolute atomic E-state index is 12.6. The Morgan fingerprint density at radius 3 is 1.16 bits per heavy atom. The van der Waals surface area contributed by atoms with Crippen molar-refractivity contribution in [2.45, 2.75) is 0 Å². The van der Waals surface area contributed by atoms with Crippen molar-refractivity contribution in [2.75, 3.05) is 67.1 Å². The highest BCUT2D eigenvalue weighted by atomic mass is 16.6. The highest BCUT2D eigenvalue weighted by Crippen LogP contribution is 2.27. The SMILES string of the molecule is COc1ccc2oc(-c3ccc(OCCOCCOCCOCCOc4ccc(-c5cc(=O)c6cc(OC)ccc6o5)cc4)cc3)cc(=O)c2c1. The summed E-state index contributed by atoms with van der Waals surface area (Å²) in [5, 5.41) is 0.942. The molecule has 11 nitrogen and oxygen atoms in total. The van der Waals surface area contributed by atoms with Crippen LogP contribution < -0.4 is 29.8 Å². The van der Waals surface area contributed by atoms with E-state index in [1.807, 2.05) is 48.5 Å². The largest absolute Gasteiger partial charge is 0.497 e. The normalized spacial score (nSPS) is 11.2. The van der Waals surface area contributed by atoms with E-state index >= 15 is 0 Å². The van der Waals surface area contributed by atoms with Crippen LogP contribution in [-0.4, -0.2) is 67.1 Å². The third kappa shape index (κ3) is 9.34. The van der Waals surface area contributed by atoms with E-state index in [-0.39, 0.29) is 10.9 Å². The van der Waals surface area contributed by atoms with Crippen LogP contribution in [0.15, 0.2) is 115 Å². The van der Waals surface area contributed by atoms with Crippen LogP contribution in [0.25, 0.3) is 44.6 Å². The third-order valence-electron chi connectivity index (χ3n) is 7.88. The molecule has 0 amide bonds. The predicted octanol–water partition coefficient (Wildman–Crippen LogP) is 6.76. The first-order valence-electron chi connectivity index (χ1n) is 16.4. The molecule has 0 unspecified atom stereocenters. The van der Waals surface area contributed by atoms with E-state index in [1.54, 1.807) is 50.6 Å². The minimum absolute atomic E-state index is 0.136. The van der Waals surface area contributed by atoms with Crippen LogP contribution in [-0.2, 0) is 14.2 Å². The number of fused-ring (bicyclic) bond motifs is 2. The second-order valence-electron chi connectivity index (χ2n) is 11.3. The summed E-state index contributed by atoms with van der Waals surface area (Å²) in [7, 11) is 3.11. The number of rotatable bonds is 18. The van der Waals surface area contributed by atoms with E-state index in [4.69, 9.17) is 42.0 Å². The summed E-state index contributed by atoms with van der Waals surface area (Å²) in [5.41, 5.74) is 2.26. The Morgan fingerprint density at radius 1 is 0.431 bits per heavy atom. The number of hydrogen-bond acceptors (Lipinski definition) is 11. The van der Waals surface area contributed by atoms with Gasteiger partial charge in [-0.25, -0.2) is 0 Å². The van der Waals surface area contributed by atoms with Crippen LogP contribution in [0.1, 0.15) is 0 Å². The van der Waals surface area contributed by atoms with Gasteiger partial charge in [-0.15, -0.1) is 0 Å². The van der Waals surface area contributed by atoms with Crippen molar-refractivity contribution in [2.24, 2.45) is 0 Å². The molecule has 0 aliphatic carbocycles. The fourth-order valence-electron chi connectivity index (χ4n) is 5.22. The zero-order valence-electron chi connectivity index (χ0n) is 28.4. The fraction of sp³-hybridized carbons (Fsp3) is 0.250. The maximum Gasteiger partial charge on any atom is 0.193 e. The lowest BCUT2D eigenvalue weighted by Gasteiger charge is -2.10. The summed E-state index contributed by atoms with van der Waals surface area (Å²) in [4.78, 5) is 25.2. The Kier molecular flexibility index (Phi) is 12.0. The summed E-state index contributed by atoms with van der Waals surface area (Å²) >= 11 is 0. The number of hydrogen-bond donors (Lipinski definition) is 0. The smallest absolute Gasteiger partial charge is 0.193 e. The maximum atomic E-state index is 12.6. The van der Waals surface area contributed by atoms with Gasteiger partial charge in [-0.1, -0.05) is 0 Å². The molecule has 6 aromatic rings. The van der Waals surface area contributed by atoms with Crippen LogP contribution in [0, 0.1) is 0 Å². The molecule has 0 atom stereocenters. The van der Waals surface area contributed by atoms with E-state index in [2.05, 4.69) is 0 Å². The zero-order chi connectivity index (χ0) is 35.4. The molecule has 0 radical (unpaired) electrons. The Balaban J connectivity index is 0.803. The lowest BCUT2D eigenvalue weighted by atomic mass is 10.1. The highest BCUT2D eigenvalue weighted by Gasteiger charge is 2.10. The molecule has 51 heavy (non-hydrogen) atoms. The van der Waals surface area contributed by atoms with E-state index < -0.39 is 0 Å². The van der Waals surface area contributed by atoms with Crippen molar-refractivity contribution in [3.8, 4) is 45.6 Å². The summed E-state index contributed by atoms with van der Waals surface area (Å²) in [6.07, 6.45) is 0. The molecule has 0 fully saturated rings. The number of methoxy groups -OCH3 is 2. The van der Waals surface area contributed by atoms with E-state index in [1.165, 1.54) is 12.1 Å². The van der Waals surface area contributed by atoms with Crippen molar-refractivity contribution in [1.82, 2.24) is 0 Å². The molecule has 11 heteroatoms. The minimum Gasteiger partial charge on any atom is -0.497 e. The van der Waals surface area contributed by atoms with Crippen molar-refractivity contribution in [1.29, 1.82) is 0 Å². The molecule has 6 rings (SSSR count). The molecule has 0 saturated carbocycles. The van der Waals surface area contributed by atoms with Gasteiger partial charge >= 0.3 is 0 Å². The minimum atomic E-state index is -0.136. The number of ether oxygens (including phenoxy) is 7. The van der Waals surface area contributed by atoms with Crippen molar-refractivity contribution in [3.63, 3.8) is 0 Å². The molecular weight excluding hydrogens is 656 g/mol. The van der Waals surface area contributed by atoms with Gasteiger partial charge in [0.05, 0.1) is 64.6 Å². The van der Waals surface area contributed by atoms with E-state index in [0.717, 1.165) is 11.1 Å².